The largest absolute Gasteiger partial charge is 0.482 e. The van der Waals surface area contributed by atoms with Gasteiger partial charge in [-0.25, -0.2) is 0 Å². The van der Waals surface area contributed by atoms with Gasteiger partial charge in [0.1, 0.15) is 5.75 Å². The number of amides is 4. The van der Waals surface area contributed by atoms with Crippen LogP contribution >= 0.6 is 0 Å². The summed E-state index contributed by atoms with van der Waals surface area (Å²) in [5.41, 5.74) is 10.8. The second kappa shape index (κ2) is 11.7. The lowest BCUT2D eigenvalue weighted by atomic mass is 10.1. The molecule has 0 saturated heterocycles. The third kappa shape index (κ3) is 5.99. The van der Waals surface area contributed by atoms with Crippen LogP contribution in [0.1, 0.15) is 63.1 Å². The average Bonchev–Trinajstić information content (AvgIpc) is 3.76. The molecule has 2 heterocycles. The third-order valence-electron chi connectivity index (χ3n) is 7.81. The van der Waals surface area contributed by atoms with Crippen molar-refractivity contribution in [2.75, 3.05) is 23.8 Å². The van der Waals surface area contributed by atoms with Crippen molar-refractivity contribution in [1.82, 2.24) is 9.80 Å². The van der Waals surface area contributed by atoms with Crippen molar-refractivity contribution in [3.8, 4) is 5.75 Å². The second-order valence-corrected chi connectivity index (χ2v) is 11.0. The Balaban J connectivity index is 1.08. The van der Waals surface area contributed by atoms with Crippen LogP contribution in [0.5, 0.6) is 5.75 Å². The number of hydrogen-bond donors (Lipinski definition) is 3. The summed E-state index contributed by atoms with van der Waals surface area (Å²) in [5, 5.41) is 5.70. The first kappa shape index (κ1) is 27.5. The minimum atomic E-state index is -0.230. The van der Waals surface area contributed by atoms with E-state index in [0.717, 1.165) is 29.5 Å². The molecule has 10 heteroatoms. The van der Waals surface area contributed by atoms with Crippen molar-refractivity contribution in [3.05, 3.63) is 88.5 Å². The highest BCUT2D eigenvalue weighted by molar-refractivity contribution is 6.04. The first-order chi connectivity index (χ1) is 20.4. The number of ether oxygens (including phenoxy) is 1. The van der Waals surface area contributed by atoms with Gasteiger partial charge in [-0.3, -0.25) is 19.2 Å². The van der Waals surface area contributed by atoms with Gasteiger partial charge in [-0.05, 0) is 85.0 Å². The maximum Gasteiger partial charge on any atom is 0.262 e. The molecular formula is C32H33N5O5. The maximum absolute atomic E-state index is 13.4. The fraction of sp³-hybridized carbons (Fsp3) is 0.312. The topological polar surface area (TPSA) is 134 Å². The summed E-state index contributed by atoms with van der Waals surface area (Å²) in [6.45, 7) is 1.95. The lowest BCUT2D eigenvalue weighted by Gasteiger charge is -2.24. The van der Waals surface area contributed by atoms with E-state index in [9.17, 15) is 19.2 Å². The molecule has 1 saturated carbocycles. The van der Waals surface area contributed by atoms with Gasteiger partial charge in [0.2, 0.25) is 5.91 Å². The molecule has 0 spiro atoms. The first-order valence-electron chi connectivity index (χ1n) is 14.3. The summed E-state index contributed by atoms with van der Waals surface area (Å²) in [5.74, 6) is 0.0362. The van der Waals surface area contributed by atoms with E-state index in [-0.39, 0.29) is 36.3 Å². The van der Waals surface area contributed by atoms with E-state index in [2.05, 4.69) is 10.6 Å². The van der Waals surface area contributed by atoms with Crippen LogP contribution in [0.3, 0.4) is 0 Å². The highest BCUT2D eigenvalue weighted by Gasteiger charge is 2.33. The fourth-order valence-electron chi connectivity index (χ4n) is 5.35. The van der Waals surface area contributed by atoms with E-state index >= 15 is 0 Å². The van der Waals surface area contributed by atoms with E-state index in [0.29, 0.717) is 67.3 Å². The number of hydrogen-bond acceptors (Lipinski definition) is 6. The smallest absolute Gasteiger partial charge is 0.262 e. The van der Waals surface area contributed by atoms with Crippen LogP contribution in [0.25, 0.3) is 0 Å². The molecule has 0 radical (unpaired) electrons. The molecule has 4 N–H and O–H groups in total. The van der Waals surface area contributed by atoms with Crippen LogP contribution < -0.4 is 21.1 Å². The average molecular weight is 568 g/mol. The lowest BCUT2D eigenvalue weighted by Crippen LogP contribution is -2.33. The van der Waals surface area contributed by atoms with Crippen LogP contribution in [0.15, 0.2) is 60.7 Å². The van der Waals surface area contributed by atoms with Crippen molar-refractivity contribution in [1.29, 1.82) is 0 Å². The summed E-state index contributed by atoms with van der Waals surface area (Å²) in [6, 6.07) is 18.3. The van der Waals surface area contributed by atoms with Crippen LogP contribution in [-0.4, -0.2) is 52.6 Å². The molecule has 1 fully saturated rings. The Kier molecular flexibility index (Phi) is 7.62. The quantitative estimate of drug-likeness (QED) is 0.361. The summed E-state index contributed by atoms with van der Waals surface area (Å²) in [6.07, 6.45) is 3.02. The Labute approximate surface area is 243 Å². The number of fused-ring (bicyclic) bond motifs is 2. The maximum atomic E-state index is 13.4. The summed E-state index contributed by atoms with van der Waals surface area (Å²) in [7, 11) is 0. The van der Waals surface area contributed by atoms with E-state index in [1.54, 1.807) is 30.3 Å². The van der Waals surface area contributed by atoms with Crippen molar-refractivity contribution >= 4 is 35.0 Å². The number of rotatable bonds is 9. The molecule has 0 unspecified atom stereocenters. The molecule has 10 nitrogen and oxygen atoms in total. The number of carbonyl (C=O) groups excluding carboxylic acids is 4. The number of anilines is 2. The standard InChI is InChI=1S/C32H33N5O5/c33-13-1-2-30(39)36-17-23-7-9-25(14-24(23)18-36)34-31(40)21-5-3-20(4-6-21)16-37(26-10-11-26)32(41)22-8-12-27-28(15-22)42-19-29(38)35-27/h3-9,12,14-15,26H,1-2,10-11,13,16-19,33H2,(H,34,40)(H,35,38). The molecule has 2 aliphatic heterocycles. The monoisotopic (exact) mass is 567 g/mol. The molecule has 0 aromatic heterocycles. The molecule has 6 rings (SSSR count). The molecule has 3 aromatic rings. The molecule has 3 aromatic carbocycles. The van der Waals surface area contributed by atoms with E-state index in [1.807, 2.05) is 40.1 Å². The van der Waals surface area contributed by atoms with Gasteiger partial charge in [-0.2, -0.15) is 0 Å². The molecule has 0 atom stereocenters. The molecular weight excluding hydrogens is 534 g/mol. The van der Waals surface area contributed by atoms with Crippen molar-refractivity contribution in [3.63, 3.8) is 0 Å². The highest BCUT2D eigenvalue weighted by atomic mass is 16.5. The normalized spacial score (nSPS) is 15.3. The Hall–Kier alpha value is -4.70. The second-order valence-electron chi connectivity index (χ2n) is 11.0. The molecule has 42 heavy (non-hydrogen) atoms. The minimum Gasteiger partial charge on any atom is -0.482 e. The Bertz CT molecular complexity index is 1550. The zero-order valence-electron chi connectivity index (χ0n) is 23.2. The van der Waals surface area contributed by atoms with Crippen LogP contribution in [-0.2, 0) is 29.2 Å². The zero-order valence-corrected chi connectivity index (χ0v) is 23.2. The summed E-state index contributed by atoms with van der Waals surface area (Å²) >= 11 is 0. The lowest BCUT2D eigenvalue weighted by molar-refractivity contribution is -0.131. The van der Waals surface area contributed by atoms with Crippen molar-refractivity contribution < 1.29 is 23.9 Å². The van der Waals surface area contributed by atoms with Gasteiger partial charge in [-0.1, -0.05) is 18.2 Å². The Morgan fingerprint density at radius 3 is 2.50 bits per heavy atom. The van der Waals surface area contributed by atoms with Crippen molar-refractivity contribution in [2.24, 2.45) is 5.73 Å². The molecule has 4 amide bonds. The summed E-state index contributed by atoms with van der Waals surface area (Å²) < 4.78 is 5.49. The molecule has 3 aliphatic rings. The number of nitrogens with one attached hydrogen (secondary N) is 2. The van der Waals surface area contributed by atoms with Gasteiger partial charge in [0.25, 0.3) is 17.7 Å². The van der Waals surface area contributed by atoms with Gasteiger partial charge < -0.3 is 30.9 Å². The van der Waals surface area contributed by atoms with Gasteiger partial charge >= 0.3 is 0 Å². The van der Waals surface area contributed by atoms with Gasteiger partial charge in [-0.15, -0.1) is 0 Å². The Morgan fingerprint density at radius 2 is 1.74 bits per heavy atom. The molecule has 216 valence electrons. The van der Waals surface area contributed by atoms with Crippen LogP contribution in [0.2, 0.25) is 0 Å². The highest BCUT2D eigenvalue weighted by Crippen LogP contribution is 2.33. The summed E-state index contributed by atoms with van der Waals surface area (Å²) in [4.78, 5) is 54.1. The minimum absolute atomic E-state index is 0.0708. The van der Waals surface area contributed by atoms with Crippen LogP contribution in [0, 0.1) is 0 Å². The first-order valence-corrected chi connectivity index (χ1v) is 14.3. The Morgan fingerprint density at radius 1 is 0.976 bits per heavy atom. The van der Waals surface area contributed by atoms with Gasteiger partial charge in [0.05, 0.1) is 5.69 Å². The SMILES string of the molecule is NCCCC(=O)N1Cc2ccc(NC(=O)c3ccc(CN(C(=O)c4ccc5c(c4)OCC(=O)N5)C4CC4)cc3)cc2C1. The van der Waals surface area contributed by atoms with E-state index in [4.69, 9.17) is 10.5 Å². The van der Waals surface area contributed by atoms with Gasteiger partial charge in [0.15, 0.2) is 6.61 Å². The third-order valence-corrected chi connectivity index (χ3v) is 7.81. The number of benzene rings is 3. The van der Waals surface area contributed by atoms with Crippen molar-refractivity contribution in [2.45, 2.75) is 51.4 Å². The molecule has 0 bridgehead atoms. The number of nitrogens with zero attached hydrogens (tertiary/aromatic N) is 2. The number of carbonyl (C=O) groups is 4. The van der Waals surface area contributed by atoms with E-state index < -0.39 is 0 Å². The van der Waals surface area contributed by atoms with Gasteiger partial charge in [0, 0.05) is 48.9 Å². The predicted octanol–water partition coefficient (Wildman–Crippen LogP) is 3.66. The van der Waals surface area contributed by atoms with Crippen LogP contribution in [0.4, 0.5) is 11.4 Å². The van der Waals surface area contributed by atoms with E-state index in [1.165, 1.54) is 0 Å². The fourth-order valence-corrected chi connectivity index (χ4v) is 5.35. The zero-order chi connectivity index (χ0) is 29.2. The molecule has 1 aliphatic carbocycles. The number of nitrogens with two attached hydrogens (primary N) is 1. The predicted molar refractivity (Wildman–Crippen MR) is 157 cm³/mol.